The SMILES string of the molecule is COC12CCC3(CC1C(C)(O)C(C)(C)C)C1Cc4ccc(OCCOc5ccc6c7c5OC5C8(OC)CCC9(CC8C(C)(O)C(C)(C)C)C(C6)N(CC6CC6)CCC759)c5c4C3(CCN1CC1CC1)C2O5. The van der Waals surface area contributed by atoms with Crippen LogP contribution in [-0.4, -0.2) is 120 Å². The van der Waals surface area contributed by atoms with Gasteiger partial charge in [-0.25, -0.2) is 0 Å². The Hall–Kier alpha value is -2.60. The Morgan fingerprint density at radius 3 is 1.33 bits per heavy atom. The number of methoxy groups -OCH3 is 2. The largest absolute Gasteiger partial charge is 0.486 e. The predicted molar refractivity (Wildman–Crippen MR) is 268 cm³/mol. The molecule has 0 amide bonds. The van der Waals surface area contributed by atoms with Crippen LogP contribution in [0.25, 0.3) is 0 Å². The number of rotatable bonds is 13. The van der Waals surface area contributed by atoms with Gasteiger partial charge in [-0.15, -0.1) is 0 Å². The number of benzene rings is 2. The van der Waals surface area contributed by atoms with Crippen molar-refractivity contribution in [1.29, 1.82) is 0 Å². The molecule has 14 atom stereocenters. The highest BCUT2D eigenvalue weighted by atomic mass is 16.6. The van der Waals surface area contributed by atoms with Crippen molar-refractivity contribution in [3.63, 3.8) is 0 Å². The second-order valence-electron chi connectivity index (χ2n) is 28.2. The zero-order valence-corrected chi connectivity index (χ0v) is 44.3. The number of hydrogen-bond acceptors (Lipinski definition) is 10. The molecule has 382 valence electrons. The highest BCUT2D eigenvalue weighted by Crippen LogP contribution is 2.80. The van der Waals surface area contributed by atoms with Crippen molar-refractivity contribution in [2.75, 3.05) is 53.6 Å². The van der Waals surface area contributed by atoms with E-state index in [2.05, 4.69) is 89.5 Å². The van der Waals surface area contributed by atoms with Crippen molar-refractivity contribution in [3.05, 3.63) is 46.5 Å². The first-order chi connectivity index (χ1) is 33.2. The van der Waals surface area contributed by atoms with Crippen LogP contribution in [0.1, 0.15) is 155 Å². The fraction of sp³-hybridized carbons (Fsp3) is 0.800. The molecule has 10 nitrogen and oxygen atoms in total. The molecule has 14 unspecified atom stereocenters. The average Bonchev–Trinajstić information content (AvgIpc) is 4.26. The van der Waals surface area contributed by atoms with Crippen LogP contribution in [0.4, 0.5) is 0 Å². The Balaban J connectivity index is 0.789. The molecule has 2 N–H and O–H groups in total. The van der Waals surface area contributed by atoms with E-state index in [0.717, 1.165) is 112 Å². The first-order valence-corrected chi connectivity index (χ1v) is 28.1. The standard InChI is InChI=1S/C60H84N2O8/c1-51(2,3)53(7,63)41-31-55-19-21-59(41,65-9)49-57(55)23-25-61(33-35-11-12-35)43(55)29-37-15-17-39(47(69-49)45(37)57)67-27-28-68-40-18-16-38-30-44-56-20-22-60(66-10,42(32-56)54(8,64)52(4,5)6)50-58(56,46(38)48(40)70-50)24-26-62(44)34-36-13-14-36/h15-18,35-36,41-44,49-50,63-64H,11-14,19-34H2,1-10H3. The molecule has 8 saturated carbocycles. The molecule has 10 aliphatic carbocycles. The van der Waals surface area contributed by atoms with E-state index in [-0.39, 0.29) is 56.5 Å². The van der Waals surface area contributed by atoms with E-state index in [4.69, 9.17) is 28.4 Å². The third-order valence-electron chi connectivity index (χ3n) is 24.3. The van der Waals surface area contributed by atoms with Gasteiger partial charge in [0.25, 0.3) is 0 Å². The number of piperidine rings is 2. The summed E-state index contributed by atoms with van der Waals surface area (Å²) in [6, 6.07) is 9.89. The summed E-state index contributed by atoms with van der Waals surface area (Å²) >= 11 is 0. The molecule has 10 fully saturated rings. The van der Waals surface area contributed by atoms with Crippen LogP contribution >= 0.6 is 0 Å². The van der Waals surface area contributed by atoms with Crippen LogP contribution in [0, 0.1) is 45.3 Å². The van der Waals surface area contributed by atoms with Crippen LogP contribution < -0.4 is 18.9 Å². The molecule has 4 heterocycles. The smallest absolute Gasteiger partial charge is 0.165 e. The summed E-state index contributed by atoms with van der Waals surface area (Å²) in [5, 5.41) is 25.6. The Bertz CT molecular complexity index is 2350. The molecule has 14 aliphatic rings. The molecule has 2 aromatic rings. The summed E-state index contributed by atoms with van der Waals surface area (Å²) in [6.07, 6.45) is 15.0. The molecule has 16 rings (SSSR count). The first-order valence-electron chi connectivity index (χ1n) is 28.1. The van der Waals surface area contributed by atoms with Crippen LogP contribution in [0.15, 0.2) is 24.3 Å². The molecule has 2 saturated heterocycles. The fourth-order valence-corrected chi connectivity index (χ4v) is 19.7. The van der Waals surface area contributed by atoms with Gasteiger partial charge in [-0.05, 0) is 163 Å². The third-order valence-corrected chi connectivity index (χ3v) is 24.3. The zero-order valence-electron chi connectivity index (χ0n) is 44.3. The Labute approximate surface area is 418 Å². The number of fused-ring (bicyclic) bond motifs is 4. The maximum absolute atomic E-state index is 12.8. The molecule has 4 spiro atoms. The molecular formula is C60H84N2O8. The lowest BCUT2D eigenvalue weighted by molar-refractivity contribution is -0.312. The van der Waals surface area contributed by atoms with E-state index in [9.17, 15) is 10.2 Å². The lowest BCUT2D eigenvalue weighted by atomic mass is 9.33. The summed E-state index contributed by atoms with van der Waals surface area (Å²) in [6.45, 7) is 22.6. The second-order valence-corrected chi connectivity index (χ2v) is 28.2. The van der Waals surface area contributed by atoms with Gasteiger partial charge < -0.3 is 38.6 Å². The Morgan fingerprint density at radius 2 is 0.971 bits per heavy atom. The normalized spacial score (nSPS) is 43.1. The number of nitrogens with zero attached hydrogens (tertiary/aromatic N) is 2. The lowest BCUT2D eigenvalue weighted by Gasteiger charge is -2.75. The van der Waals surface area contributed by atoms with Crippen LogP contribution in [0.2, 0.25) is 0 Å². The average molecular weight is 961 g/mol. The molecule has 0 radical (unpaired) electrons. The van der Waals surface area contributed by atoms with Gasteiger partial charge in [-0.3, -0.25) is 9.80 Å². The van der Waals surface area contributed by atoms with Gasteiger partial charge in [0.15, 0.2) is 23.0 Å². The molecule has 4 aliphatic heterocycles. The van der Waals surface area contributed by atoms with E-state index in [1.54, 1.807) is 0 Å². The number of ether oxygens (including phenoxy) is 6. The molecule has 0 aromatic heterocycles. The van der Waals surface area contributed by atoms with Crippen molar-refractivity contribution >= 4 is 0 Å². The minimum absolute atomic E-state index is 0.0212. The number of hydrogen-bond donors (Lipinski definition) is 2. The fourth-order valence-electron chi connectivity index (χ4n) is 19.7. The van der Waals surface area contributed by atoms with Gasteiger partial charge in [0.2, 0.25) is 0 Å². The van der Waals surface area contributed by atoms with E-state index in [1.165, 1.54) is 61.0 Å². The van der Waals surface area contributed by atoms with Crippen molar-refractivity contribution in [2.24, 2.45) is 45.3 Å². The minimum Gasteiger partial charge on any atom is -0.486 e. The van der Waals surface area contributed by atoms with E-state index >= 15 is 0 Å². The molecule has 10 heteroatoms. The molecule has 70 heavy (non-hydrogen) atoms. The summed E-state index contributed by atoms with van der Waals surface area (Å²) in [7, 11) is 3.78. The van der Waals surface area contributed by atoms with Crippen LogP contribution in [0.3, 0.4) is 0 Å². The maximum atomic E-state index is 12.8. The lowest BCUT2D eigenvalue weighted by Crippen LogP contribution is -2.83. The number of likely N-dealkylation sites (tertiary alicyclic amines) is 2. The van der Waals surface area contributed by atoms with Crippen LogP contribution in [0.5, 0.6) is 23.0 Å². The van der Waals surface area contributed by atoms with Crippen molar-refractivity contribution in [3.8, 4) is 23.0 Å². The zero-order chi connectivity index (χ0) is 48.6. The van der Waals surface area contributed by atoms with E-state index < -0.39 is 22.4 Å². The highest BCUT2D eigenvalue weighted by Gasteiger charge is 2.84. The van der Waals surface area contributed by atoms with Gasteiger partial charge in [-0.2, -0.15) is 0 Å². The van der Waals surface area contributed by atoms with E-state index in [0.29, 0.717) is 25.3 Å². The van der Waals surface area contributed by atoms with Crippen molar-refractivity contribution in [1.82, 2.24) is 9.80 Å². The summed E-state index contributed by atoms with van der Waals surface area (Å²) < 4.78 is 42.7. The monoisotopic (exact) mass is 961 g/mol. The Kier molecular flexibility index (Phi) is 9.33. The van der Waals surface area contributed by atoms with E-state index in [1.807, 2.05) is 14.2 Å². The second kappa shape index (κ2) is 14.2. The highest BCUT2D eigenvalue weighted by molar-refractivity contribution is 5.65. The predicted octanol–water partition coefficient (Wildman–Crippen LogP) is 9.19. The maximum Gasteiger partial charge on any atom is 0.165 e. The molecule has 8 bridgehead atoms. The molecular weight excluding hydrogens is 877 g/mol. The van der Waals surface area contributed by atoms with Gasteiger partial charge in [-0.1, -0.05) is 53.7 Å². The topological polar surface area (TPSA) is 102 Å². The van der Waals surface area contributed by atoms with Gasteiger partial charge in [0, 0.05) is 84.0 Å². The Morgan fingerprint density at radius 1 is 0.571 bits per heavy atom. The molecule has 2 aromatic carbocycles. The first kappa shape index (κ1) is 46.0. The van der Waals surface area contributed by atoms with Crippen molar-refractivity contribution in [2.45, 2.75) is 203 Å². The van der Waals surface area contributed by atoms with Gasteiger partial charge in [0.05, 0.1) is 11.2 Å². The summed E-state index contributed by atoms with van der Waals surface area (Å²) in [4.78, 5) is 5.76. The van der Waals surface area contributed by atoms with Crippen molar-refractivity contribution < 1.29 is 38.6 Å². The number of aliphatic hydroxyl groups is 2. The summed E-state index contributed by atoms with van der Waals surface area (Å²) in [5.74, 6) is 4.90. The van der Waals surface area contributed by atoms with Gasteiger partial charge in [0.1, 0.15) is 36.6 Å². The summed E-state index contributed by atoms with van der Waals surface area (Å²) in [5.41, 5.74) is 1.29. The van der Waals surface area contributed by atoms with Gasteiger partial charge >= 0.3 is 0 Å². The van der Waals surface area contributed by atoms with Crippen LogP contribution in [-0.2, 0) is 33.1 Å². The third kappa shape index (κ3) is 5.29. The quantitative estimate of drug-likeness (QED) is 0.189. The minimum atomic E-state index is -0.964.